The lowest BCUT2D eigenvalue weighted by atomic mass is 10.0. The van der Waals surface area contributed by atoms with Crippen LogP contribution in [0.15, 0.2) is 18.2 Å². The zero-order valence-corrected chi connectivity index (χ0v) is 16.3. The summed E-state index contributed by atoms with van der Waals surface area (Å²) in [5, 5.41) is 0. The number of aryl methyl sites for hydroxylation is 2. The highest BCUT2D eigenvalue weighted by atomic mass is 32.2. The van der Waals surface area contributed by atoms with Gasteiger partial charge in [-0.2, -0.15) is 0 Å². The normalized spacial score (nSPS) is 26.3. The molecule has 2 unspecified atom stereocenters. The van der Waals surface area contributed by atoms with Crippen LogP contribution in [0.3, 0.4) is 0 Å². The Morgan fingerprint density at radius 2 is 1.80 bits per heavy atom. The van der Waals surface area contributed by atoms with Crippen molar-refractivity contribution in [1.29, 1.82) is 0 Å². The first-order valence-corrected chi connectivity index (χ1v) is 10.8. The fraction of sp³-hybridized carbons (Fsp3) is 0.632. The van der Waals surface area contributed by atoms with Crippen LogP contribution in [0.1, 0.15) is 31.4 Å². The third kappa shape index (κ3) is 3.75. The molecule has 2 aliphatic heterocycles. The second-order valence-corrected chi connectivity index (χ2v) is 10.1. The number of hydrogen-bond acceptors (Lipinski definition) is 4. The molecule has 0 saturated carbocycles. The van der Waals surface area contributed by atoms with Crippen molar-refractivity contribution in [3.63, 3.8) is 0 Å². The van der Waals surface area contributed by atoms with Crippen LogP contribution in [0.25, 0.3) is 0 Å². The number of benzene rings is 1. The highest BCUT2D eigenvalue weighted by Crippen LogP contribution is 2.32. The number of sulfone groups is 1. The number of piperazine rings is 1. The average Bonchev–Trinajstić information content (AvgIpc) is 2.83. The predicted molar refractivity (Wildman–Crippen MR) is 101 cm³/mol. The number of nitrogens with zero attached hydrogens (tertiary/aromatic N) is 2. The summed E-state index contributed by atoms with van der Waals surface area (Å²) in [5.41, 5.74) is 3.11. The molecule has 2 fully saturated rings. The van der Waals surface area contributed by atoms with Crippen LogP contribution in [0.5, 0.6) is 0 Å². The minimum Gasteiger partial charge on any atom is -0.306 e. The van der Waals surface area contributed by atoms with Gasteiger partial charge in [0.05, 0.1) is 24.1 Å². The van der Waals surface area contributed by atoms with Crippen molar-refractivity contribution in [2.45, 2.75) is 46.2 Å². The van der Waals surface area contributed by atoms with Gasteiger partial charge in [0.2, 0.25) is 5.91 Å². The zero-order valence-electron chi connectivity index (χ0n) is 15.5. The van der Waals surface area contributed by atoms with Crippen molar-refractivity contribution >= 4 is 21.4 Å². The van der Waals surface area contributed by atoms with Gasteiger partial charge in [0.25, 0.3) is 0 Å². The Labute approximate surface area is 150 Å². The standard InChI is InChI=1S/C19H28N2O3S/c1-13(2)7-8-20-10-19(22)21(16-6-5-14(3)15(4)9-16)18-12-25(23,24)11-17(18)20/h5-6,9,13,17-18H,7-8,10-12H2,1-4H3. The Bertz CT molecular complexity index is 773. The molecule has 1 aromatic carbocycles. The lowest BCUT2D eigenvalue weighted by Gasteiger charge is -2.43. The largest absolute Gasteiger partial charge is 0.306 e. The predicted octanol–water partition coefficient (Wildman–Crippen LogP) is 2.16. The smallest absolute Gasteiger partial charge is 0.241 e. The van der Waals surface area contributed by atoms with Gasteiger partial charge in [0, 0.05) is 11.7 Å². The van der Waals surface area contributed by atoms with Gasteiger partial charge in [-0.05, 0) is 56.0 Å². The van der Waals surface area contributed by atoms with Crippen LogP contribution in [-0.4, -0.2) is 55.9 Å². The van der Waals surface area contributed by atoms with Crippen LogP contribution >= 0.6 is 0 Å². The molecule has 0 aliphatic carbocycles. The van der Waals surface area contributed by atoms with Gasteiger partial charge in [0.15, 0.2) is 9.84 Å². The Balaban J connectivity index is 1.93. The SMILES string of the molecule is Cc1ccc(N2C(=O)CN(CCC(C)C)C3CS(=O)(=O)CC32)cc1C. The van der Waals surface area contributed by atoms with Crippen molar-refractivity contribution in [3.8, 4) is 0 Å². The Morgan fingerprint density at radius 1 is 1.12 bits per heavy atom. The molecular weight excluding hydrogens is 336 g/mol. The summed E-state index contributed by atoms with van der Waals surface area (Å²) in [6.45, 7) is 9.43. The van der Waals surface area contributed by atoms with E-state index in [9.17, 15) is 13.2 Å². The monoisotopic (exact) mass is 364 g/mol. The number of carbonyl (C=O) groups is 1. The third-order valence-electron chi connectivity index (χ3n) is 5.46. The summed E-state index contributed by atoms with van der Waals surface area (Å²) in [6, 6.07) is 5.57. The molecule has 0 N–H and O–H groups in total. The molecule has 1 amide bonds. The summed E-state index contributed by atoms with van der Waals surface area (Å²) in [4.78, 5) is 16.7. The average molecular weight is 365 g/mol. The van der Waals surface area contributed by atoms with E-state index in [1.165, 1.54) is 5.56 Å². The highest BCUT2D eigenvalue weighted by Gasteiger charge is 2.49. The first kappa shape index (κ1) is 18.4. The van der Waals surface area contributed by atoms with E-state index >= 15 is 0 Å². The maximum atomic E-state index is 12.9. The second kappa shape index (κ2) is 6.72. The van der Waals surface area contributed by atoms with E-state index in [1.54, 1.807) is 4.90 Å². The summed E-state index contributed by atoms with van der Waals surface area (Å²) in [6.07, 6.45) is 0.972. The minimum absolute atomic E-state index is 0.00496. The van der Waals surface area contributed by atoms with Crippen molar-refractivity contribution < 1.29 is 13.2 Å². The molecule has 25 heavy (non-hydrogen) atoms. The number of hydrogen-bond donors (Lipinski definition) is 0. The summed E-state index contributed by atoms with van der Waals surface area (Å²) in [5.74, 6) is 0.758. The number of carbonyl (C=O) groups excluding carboxylic acids is 1. The Hall–Kier alpha value is -1.40. The van der Waals surface area contributed by atoms with E-state index in [0.29, 0.717) is 12.5 Å². The topological polar surface area (TPSA) is 57.7 Å². The molecule has 6 heteroatoms. The summed E-state index contributed by atoms with van der Waals surface area (Å²) < 4.78 is 24.6. The summed E-state index contributed by atoms with van der Waals surface area (Å²) in [7, 11) is -3.12. The van der Waals surface area contributed by atoms with E-state index < -0.39 is 9.84 Å². The van der Waals surface area contributed by atoms with Crippen LogP contribution in [-0.2, 0) is 14.6 Å². The van der Waals surface area contributed by atoms with Crippen LogP contribution in [0.4, 0.5) is 5.69 Å². The summed E-state index contributed by atoms with van der Waals surface area (Å²) >= 11 is 0. The van der Waals surface area contributed by atoms with Crippen LogP contribution < -0.4 is 4.90 Å². The van der Waals surface area contributed by atoms with Gasteiger partial charge >= 0.3 is 0 Å². The lowest BCUT2D eigenvalue weighted by molar-refractivity contribution is -0.123. The third-order valence-corrected chi connectivity index (χ3v) is 7.16. The zero-order chi connectivity index (χ0) is 18.4. The van der Waals surface area contributed by atoms with E-state index in [2.05, 4.69) is 18.7 Å². The maximum Gasteiger partial charge on any atom is 0.241 e. The maximum absolute atomic E-state index is 12.9. The molecule has 5 nitrogen and oxygen atoms in total. The molecule has 138 valence electrons. The lowest BCUT2D eigenvalue weighted by Crippen LogP contribution is -2.62. The van der Waals surface area contributed by atoms with Gasteiger partial charge in [-0.3, -0.25) is 9.69 Å². The quantitative estimate of drug-likeness (QED) is 0.822. The van der Waals surface area contributed by atoms with E-state index in [4.69, 9.17) is 0 Å². The van der Waals surface area contributed by atoms with Crippen molar-refractivity contribution in [2.75, 3.05) is 29.5 Å². The van der Waals surface area contributed by atoms with Gasteiger partial charge in [-0.25, -0.2) is 8.42 Å². The van der Waals surface area contributed by atoms with Gasteiger partial charge in [-0.1, -0.05) is 19.9 Å². The molecule has 0 aromatic heterocycles. The molecule has 2 atom stereocenters. The first-order valence-electron chi connectivity index (χ1n) is 9.02. The number of amides is 1. The van der Waals surface area contributed by atoms with E-state index in [1.807, 2.05) is 32.0 Å². The molecule has 2 saturated heterocycles. The molecule has 1 aromatic rings. The van der Waals surface area contributed by atoms with Crippen LogP contribution in [0.2, 0.25) is 0 Å². The van der Waals surface area contributed by atoms with Crippen molar-refractivity contribution in [2.24, 2.45) is 5.92 Å². The molecule has 0 bridgehead atoms. The van der Waals surface area contributed by atoms with Crippen LogP contribution in [0, 0.1) is 19.8 Å². The molecular formula is C19H28N2O3S. The Morgan fingerprint density at radius 3 is 2.44 bits per heavy atom. The van der Waals surface area contributed by atoms with Crippen molar-refractivity contribution in [1.82, 2.24) is 4.90 Å². The van der Waals surface area contributed by atoms with Gasteiger partial charge in [-0.15, -0.1) is 0 Å². The number of fused-ring (bicyclic) bond motifs is 1. The number of rotatable bonds is 4. The second-order valence-electron chi connectivity index (χ2n) is 7.90. The fourth-order valence-electron chi connectivity index (χ4n) is 3.84. The number of anilines is 1. The fourth-order valence-corrected chi connectivity index (χ4v) is 5.82. The highest BCUT2D eigenvalue weighted by molar-refractivity contribution is 7.91. The van der Waals surface area contributed by atoms with Gasteiger partial charge in [0.1, 0.15) is 0 Å². The Kier molecular flexibility index (Phi) is 4.95. The van der Waals surface area contributed by atoms with E-state index in [-0.39, 0.29) is 29.5 Å². The minimum atomic E-state index is -3.12. The molecule has 0 spiro atoms. The molecule has 3 rings (SSSR count). The molecule has 2 aliphatic rings. The van der Waals surface area contributed by atoms with Crippen molar-refractivity contribution in [3.05, 3.63) is 29.3 Å². The molecule has 2 heterocycles. The first-order chi connectivity index (χ1) is 11.7. The molecule has 0 radical (unpaired) electrons. The van der Waals surface area contributed by atoms with E-state index in [0.717, 1.165) is 24.2 Å². The van der Waals surface area contributed by atoms with Gasteiger partial charge < -0.3 is 4.90 Å².